The predicted molar refractivity (Wildman–Crippen MR) is 77.4 cm³/mol. The zero-order valence-electron chi connectivity index (χ0n) is 11.4. The van der Waals surface area contributed by atoms with Crippen molar-refractivity contribution in [2.45, 2.75) is 31.6 Å². The summed E-state index contributed by atoms with van der Waals surface area (Å²) in [5, 5.41) is 9.13. The third-order valence-electron chi connectivity index (χ3n) is 2.88. The fourth-order valence-electron chi connectivity index (χ4n) is 1.77. The molecule has 7 heteroatoms. The van der Waals surface area contributed by atoms with Gasteiger partial charge in [0.05, 0.1) is 10.9 Å². The number of aryl methyl sites for hydroxylation is 1. The molecule has 0 spiro atoms. The van der Waals surface area contributed by atoms with Crippen molar-refractivity contribution >= 4 is 27.6 Å². The van der Waals surface area contributed by atoms with Crippen LogP contribution in [0.25, 0.3) is 0 Å². The molecule has 0 saturated heterocycles. The average molecular weight is 320 g/mol. The SMILES string of the molecule is CCCC(CNS(=O)(=O)c1ccc(C)cc1Cl)C(=O)O. The van der Waals surface area contributed by atoms with E-state index in [1.165, 1.54) is 6.07 Å². The topological polar surface area (TPSA) is 83.5 Å². The average Bonchev–Trinajstić information content (AvgIpc) is 2.33. The van der Waals surface area contributed by atoms with E-state index >= 15 is 0 Å². The Kier molecular flexibility index (Phi) is 5.98. The molecule has 1 rings (SSSR count). The number of rotatable bonds is 7. The summed E-state index contributed by atoms with van der Waals surface area (Å²) in [6.07, 6.45) is 1.09. The van der Waals surface area contributed by atoms with Crippen LogP contribution in [0.5, 0.6) is 0 Å². The van der Waals surface area contributed by atoms with Crippen molar-refractivity contribution < 1.29 is 18.3 Å². The summed E-state index contributed by atoms with van der Waals surface area (Å²) in [5.74, 6) is -1.75. The van der Waals surface area contributed by atoms with E-state index in [4.69, 9.17) is 16.7 Å². The van der Waals surface area contributed by atoms with Gasteiger partial charge in [0.15, 0.2) is 0 Å². The van der Waals surface area contributed by atoms with Gasteiger partial charge in [-0.2, -0.15) is 0 Å². The van der Waals surface area contributed by atoms with Gasteiger partial charge in [-0.25, -0.2) is 13.1 Å². The minimum absolute atomic E-state index is 0.0367. The van der Waals surface area contributed by atoms with Crippen LogP contribution in [0.3, 0.4) is 0 Å². The molecule has 0 aliphatic rings. The minimum Gasteiger partial charge on any atom is -0.481 e. The van der Waals surface area contributed by atoms with Crippen LogP contribution < -0.4 is 4.72 Å². The smallest absolute Gasteiger partial charge is 0.307 e. The number of carboxylic acids is 1. The molecule has 0 bridgehead atoms. The normalized spacial score (nSPS) is 13.2. The zero-order valence-corrected chi connectivity index (χ0v) is 13.0. The molecular weight excluding hydrogens is 302 g/mol. The highest BCUT2D eigenvalue weighted by Crippen LogP contribution is 2.22. The van der Waals surface area contributed by atoms with E-state index in [0.29, 0.717) is 12.8 Å². The number of benzene rings is 1. The summed E-state index contributed by atoms with van der Waals surface area (Å²) in [5.41, 5.74) is 0.850. The lowest BCUT2D eigenvalue weighted by Gasteiger charge is -2.13. The molecule has 0 aromatic heterocycles. The molecule has 0 fully saturated rings. The summed E-state index contributed by atoms with van der Waals surface area (Å²) in [4.78, 5) is 11.0. The van der Waals surface area contributed by atoms with E-state index < -0.39 is 21.9 Å². The number of carboxylic acid groups (broad SMARTS) is 1. The highest BCUT2D eigenvalue weighted by molar-refractivity contribution is 7.89. The van der Waals surface area contributed by atoms with E-state index in [2.05, 4.69) is 4.72 Å². The molecule has 20 heavy (non-hydrogen) atoms. The molecule has 1 aromatic rings. The minimum atomic E-state index is -3.80. The second-order valence-electron chi connectivity index (χ2n) is 4.61. The summed E-state index contributed by atoms with van der Waals surface area (Å²) < 4.78 is 26.5. The monoisotopic (exact) mass is 319 g/mol. The van der Waals surface area contributed by atoms with E-state index in [0.717, 1.165) is 5.56 Å². The summed E-state index contributed by atoms with van der Waals surface area (Å²) in [6, 6.07) is 4.60. The fourth-order valence-corrected chi connectivity index (χ4v) is 3.45. The molecule has 0 aliphatic carbocycles. The number of hydrogen-bond donors (Lipinski definition) is 2. The number of halogens is 1. The van der Waals surface area contributed by atoms with Crippen LogP contribution in [0.2, 0.25) is 5.02 Å². The lowest BCUT2D eigenvalue weighted by atomic mass is 10.1. The van der Waals surface area contributed by atoms with Crippen LogP contribution >= 0.6 is 11.6 Å². The van der Waals surface area contributed by atoms with E-state index in [1.807, 2.05) is 6.92 Å². The Morgan fingerprint density at radius 3 is 2.60 bits per heavy atom. The molecule has 0 amide bonds. The maximum absolute atomic E-state index is 12.1. The molecule has 1 aromatic carbocycles. The first kappa shape index (κ1) is 16.9. The van der Waals surface area contributed by atoms with E-state index in [-0.39, 0.29) is 16.5 Å². The molecule has 1 unspecified atom stereocenters. The van der Waals surface area contributed by atoms with Crippen molar-refractivity contribution in [3.8, 4) is 0 Å². The quantitative estimate of drug-likeness (QED) is 0.808. The third kappa shape index (κ3) is 4.47. The molecule has 5 nitrogen and oxygen atoms in total. The van der Waals surface area contributed by atoms with Crippen molar-refractivity contribution in [1.82, 2.24) is 4.72 Å². The van der Waals surface area contributed by atoms with Crippen LogP contribution in [0.1, 0.15) is 25.3 Å². The van der Waals surface area contributed by atoms with Gasteiger partial charge in [0, 0.05) is 6.54 Å². The van der Waals surface area contributed by atoms with Crippen LogP contribution in [0, 0.1) is 12.8 Å². The Balaban J connectivity index is 2.87. The maximum Gasteiger partial charge on any atom is 0.307 e. The largest absolute Gasteiger partial charge is 0.481 e. The predicted octanol–water partition coefficient (Wildman–Crippen LogP) is 2.43. The lowest BCUT2D eigenvalue weighted by Crippen LogP contribution is -2.33. The van der Waals surface area contributed by atoms with Crippen LogP contribution in [0.15, 0.2) is 23.1 Å². The molecular formula is C13H18ClNO4S. The van der Waals surface area contributed by atoms with Gasteiger partial charge >= 0.3 is 5.97 Å². The summed E-state index contributed by atoms with van der Waals surface area (Å²) in [7, 11) is -3.80. The zero-order chi connectivity index (χ0) is 15.3. The highest BCUT2D eigenvalue weighted by Gasteiger charge is 2.22. The second kappa shape index (κ2) is 7.06. The Morgan fingerprint density at radius 1 is 1.45 bits per heavy atom. The van der Waals surface area contributed by atoms with Gasteiger partial charge in [0.1, 0.15) is 4.90 Å². The highest BCUT2D eigenvalue weighted by atomic mass is 35.5. The third-order valence-corrected chi connectivity index (χ3v) is 4.79. The number of nitrogens with one attached hydrogen (secondary N) is 1. The molecule has 112 valence electrons. The van der Waals surface area contributed by atoms with Gasteiger partial charge in [-0.1, -0.05) is 31.0 Å². The molecule has 0 aliphatic heterocycles. The lowest BCUT2D eigenvalue weighted by molar-refractivity contribution is -0.141. The first-order chi connectivity index (χ1) is 9.27. The first-order valence-corrected chi connectivity index (χ1v) is 8.12. The second-order valence-corrected chi connectivity index (χ2v) is 6.75. The maximum atomic E-state index is 12.1. The van der Waals surface area contributed by atoms with Crippen molar-refractivity contribution in [1.29, 1.82) is 0 Å². The van der Waals surface area contributed by atoms with Gasteiger partial charge in [-0.15, -0.1) is 0 Å². The van der Waals surface area contributed by atoms with Crippen molar-refractivity contribution in [3.63, 3.8) is 0 Å². The molecule has 0 heterocycles. The Labute approximate surface area is 124 Å². The molecule has 0 saturated carbocycles. The van der Waals surface area contributed by atoms with Gasteiger partial charge in [-0.05, 0) is 31.0 Å². The van der Waals surface area contributed by atoms with Gasteiger partial charge in [0.2, 0.25) is 10.0 Å². The van der Waals surface area contributed by atoms with Crippen molar-refractivity contribution in [3.05, 3.63) is 28.8 Å². The Hall–Kier alpha value is -1.11. The molecule has 0 radical (unpaired) electrons. The standard InChI is InChI=1S/C13H18ClNO4S/c1-3-4-10(13(16)17)8-15-20(18,19)12-6-5-9(2)7-11(12)14/h5-7,10,15H,3-4,8H2,1-2H3,(H,16,17). The summed E-state index contributed by atoms with van der Waals surface area (Å²) in [6.45, 7) is 3.51. The Bertz CT molecular complexity index is 586. The number of sulfonamides is 1. The Morgan fingerprint density at radius 2 is 2.10 bits per heavy atom. The first-order valence-electron chi connectivity index (χ1n) is 6.26. The van der Waals surface area contributed by atoms with Gasteiger partial charge in [-0.3, -0.25) is 4.79 Å². The van der Waals surface area contributed by atoms with Gasteiger partial charge < -0.3 is 5.11 Å². The van der Waals surface area contributed by atoms with Crippen LogP contribution in [-0.4, -0.2) is 26.0 Å². The van der Waals surface area contributed by atoms with Crippen molar-refractivity contribution in [2.24, 2.45) is 5.92 Å². The van der Waals surface area contributed by atoms with Crippen molar-refractivity contribution in [2.75, 3.05) is 6.54 Å². The summed E-state index contributed by atoms with van der Waals surface area (Å²) >= 11 is 5.92. The fraction of sp³-hybridized carbons (Fsp3) is 0.462. The number of carbonyl (C=O) groups is 1. The van der Waals surface area contributed by atoms with E-state index in [1.54, 1.807) is 19.1 Å². The van der Waals surface area contributed by atoms with E-state index in [9.17, 15) is 13.2 Å². The number of hydrogen-bond acceptors (Lipinski definition) is 3. The number of aliphatic carboxylic acids is 1. The molecule has 2 N–H and O–H groups in total. The molecule has 1 atom stereocenters. The van der Waals surface area contributed by atoms with Crippen LogP contribution in [-0.2, 0) is 14.8 Å². The van der Waals surface area contributed by atoms with Crippen LogP contribution in [0.4, 0.5) is 0 Å². The van der Waals surface area contributed by atoms with Gasteiger partial charge in [0.25, 0.3) is 0 Å².